The molecule has 0 saturated heterocycles. The molecular formula is C26H27BrN2O. The number of H-pyrrole nitrogens is 1. The predicted molar refractivity (Wildman–Crippen MR) is 126 cm³/mol. The zero-order valence-corrected chi connectivity index (χ0v) is 18.9. The van der Waals surface area contributed by atoms with Crippen molar-refractivity contribution in [2.45, 2.75) is 44.1 Å². The second-order valence-corrected chi connectivity index (χ2v) is 10.6. The van der Waals surface area contributed by atoms with Crippen LogP contribution in [0.2, 0.25) is 0 Å². The molecule has 1 heterocycles. The first kappa shape index (κ1) is 18.7. The number of rotatable bonds is 4. The summed E-state index contributed by atoms with van der Waals surface area (Å²) in [6, 6.07) is 14.7. The Morgan fingerprint density at radius 2 is 1.73 bits per heavy atom. The van der Waals surface area contributed by atoms with Crippen LogP contribution in [0.1, 0.15) is 44.1 Å². The average Bonchev–Trinajstić information content (AvgIpc) is 3.09. The highest BCUT2D eigenvalue weighted by Crippen LogP contribution is 2.57. The van der Waals surface area contributed by atoms with E-state index in [1.165, 1.54) is 55.0 Å². The molecule has 2 aromatic carbocycles. The van der Waals surface area contributed by atoms with Gasteiger partial charge >= 0.3 is 0 Å². The Labute approximate surface area is 186 Å². The summed E-state index contributed by atoms with van der Waals surface area (Å²) in [7, 11) is 1.73. The molecule has 3 aromatic rings. The van der Waals surface area contributed by atoms with Crippen LogP contribution in [0, 0.1) is 17.8 Å². The third-order valence-electron chi connectivity index (χ3n) is 7.66. The number of benzene rings is 2. The smallest absolute Gasteiger partial charge is 0.119 e. The Hall–Kier alpha value is -2.07. The molecule has 154 valence electrons. The Morgan fingerprint density at radius 1 is 1.03 bits per heavy atom. The molecule has 0 unspecified atom stereocenters. The monoisotopic (exact) mass is 462 g/mol. The van der Waals surface area contributed by atoms with Crippen molar-refractivity contribution in [1.29, 1.82) is 0 Å². The molecule has 4 bridgehead atoms. The minimum Gasteiger partial charge on any atom is -0.497 e. The van der Waals surface area contributed by atoms with Gasteiger partial charge in [0, 0.05) is 32.7 Å². The zero-order chi connectivity index (χ0) is 20.3. The van der Waals surface area contributed by atoms with Gasteiger partial charge in [0.05, 0.1) is 18.3 Å². The summed E-state index contributed by atoms with van der Waals surface area (Å²) in [4.78, 5) is 9.03. The van der Waals surface area contributed by atoms with Crippen LogP contribution in [-0.4, -0.2) is 23.8 Å². The number of ether oxygens (including phenoxy) is 1. The zero-order valence-electron chi connectivity index (χ0n) is 17.3. The van der Waals surface area contributed by atoms with Crippen molar-refractivity contribution in [3.05, 3.63) is 52.5 Å². The van der Waals surface area contributed by atoms with Gasteiger partial charge in [-0.3, -0.25) is 4.99 Å². The fourth-order valence-electron chi connectivity index (χ4n) is 6.75. The number of aliphatic imine (C=N–C) groups is 1. The summed E-state index contributed by atoms with van der Waals surface area (Å²) in [6.07, 6.45) is 10.4. The molecule has 30 heavy (non-hydrogen) atoms. The van der Waals surface area contributed by atoms with Gasteiger partial charge < -0.3 is 9.72 Å². The van der Waals surface area contributed by atoms with E-state index in [-0.39, 0.29) is 5.54 Å². The van der Waals surface area contributed by atoms with Crippen LogP contribution < -0.4 is 4.74 Å². The van der Waals surface area contributed by atoms with Crippen LogP contribution >= 0.6 is 15.9 Å². The molecule has 0 spiro atoms. The molecule has 0 radical (unpaired) electrons. The van der Waals surface area contributed by atoms with Crippen LogP contribution in [0.3, 0.4) is 0 Å². The van der Waals surface area contributed by atoms with E-state index >= 15 is 0 Å². The van der Waals surface area contributed by atoms with Crippen molar-refractivity contribution in [1.82, 2.24) is 4.98 Å². The third-order valence-corrected chi connectivity index (χ3v) is 8.35. The van der Waals surface area contributed by atoms with Crippen LogP contribution in [-0.2, 0) is 0 Å². The summed E-state index contributed by atoms with van der Waals surface area (Å²) in [5.74, 6) is 3.59. The molecule has 4 saturated carbocycles. The fourth-order valence-corrected chi connectivity index (χ4v) is 7.24. The number of hydrogen-bond acceptors (Lipinski definition) is 2. The molecule has 0 atom stereocenters. The maximum atomic E-state index is 5.53. The molecular weight excluding hydrogens is 436 g/mol. The highest BCUT2D eigenvalue weighted by molar-refractivity contribution is 9.10. The van der Waals surface area contributed by atoms with Crippen molar-refractivity contribution in [3.63, 3.8) is 0 Å². The van der Waals surface area contributed by atoms with Crippen molar-refractivity contribution in [3.8, 4) is 17.0 Å². The van der Waals surface area contributed by atoms with Crippen molar-refractivity contribution >= 4 is 33.0 Å². The average molecular weight is 463 g/mol. The minimum absolute atomic E-state index is 0.169. The Kier molecular flexibility index (Phi) is 4.35. The lowest BCUT2D eigenvalue weighted by Crippen LogP contribution is -2.49. The second kappa shape index (κ2) is 6.98. The molecule has 1 aromatic heterocycles. The van der Waals surface area contributed by atoms with E-state index in [2.05, 4.69) is 63.5 Å². The first-order valence-corrected chi connectivity index (χ1v) is 11.9. The highest BCUT2D eigenvalue weighted by Gasteiger charge is 2.50. The van der Waals surface area contributed by atoms with Gasteiger partial charge in [0.2, 0.25) is 0 Å². The molecule has 4 aliphatic rings. The Balaban J connectivity index is 1.48. The van der Waals surface area contributed by atoms with E-state index in [9.17, 15) is 0 Å². The first-order chi connectivity index (χ1) is 14.6. The highest BCUT2D eigenvalue weighted by atomic mass is 79.9. The molecule has 0 aliphatic heterocycles. The first-order valence-electron chi connectivity index (χ1n) is 11.1. The number of aromatic nitrogens is 1. The van der Waals surface area contributed by atoms with Gasteiger partial charge in [0.15, 0.2) is 0 Å². The maximum absolute atomic E-state index is 5.53. The van der Waals surface area contributed by atoms with Crippen LogP contribution in [0.25, 0.3) is 22.2 Å². The van der Waals surface area contributed by atoms with Gasteiger partial charge in [-0.25, -0.2) is 0 Å². The lowest BCUT2D eigenvalue weighted by atomic mass is 9.53. The van der Waals surface area contributed by atoms with E-state index in [0.29, 0.717) is 0 Å². The number of nitrogens with one attached hydrogen (secondary N) is 1. The van der Waals surface area contributed by atoms with Crippen molar-refractivity contribution in [2.24, 2.45) is 22.7 Å². The number of aromatic amines is 1. The van der Waals surface area contributed by atoms with E-state index in [1.54, 1.807) is 7.11 Å². The van der Waals surface area contributed by atoms with E-state index in [0.717, 1.165) is 39.2 Å². The second-order valence-electron chi connectivity index (χ2n) is 9.71. The topological polar surface area (TPSA) is 37.4 Å². The molecule has 3 nitrogen and oxygen atoms in total. The lowest BCUT2D eigenvalue weighted by Gasteiger charge is -2.55. The van der Waals surface area contributed by atoms with Gasteiger partial charge in [0.1, 0.15) is 5.75 Å². The molecule has 0 amide bonds. The SMILES string of the molecule is COc1ccc2[nH]c(-c3ccccc3Br)c(C=NC34CC5CC(CC(C5)C3)C4)c2c1. The number of halogens is 1. The largest absolute Gasteiger partial charge is 0.497 e. The molecule has 7 rings (SSSR count). The minimum atomic E-state index is 0.169. The standard InChI is InChI=1S/C26H27BrN2O/c1-30-19-6-7-24-21(11-19)22(25(29-24)20-4-2-3-5-23(20)27)15-28-26-12-16-8-17(13-26)10-18(9-16)14-26/h2-7,11,15-18,29H,8-10,12-14H2,1H3. The third kappa shape index (κ3) is 3.03. The number of fused-ring (bicyclic) bond motifs is 1. The summed E-state index contributed by atoms with van der Waals surface area (Å²) in [6.45, 7) is 0. The van der Waals surface area contributed by atoms with Gasteiger partial charge in [-0.15, -0.1) is 0 Å². The maximum Gasteiger partial charge on any atom is 0.119 e. The Bertz CT molecular complexity index is 1110. The summed E-state index contributed by atoms with van der Waals surface area (Å²) >= 11 is 3.75. The van der Waals surface area contributed by atoms with Crippen LogP contribution in [0.4, 0.5) is 0 Å². The Morgan fingerprint density at radius 3 is 2.40 bits per heavy atom. The lowest BCUT2D eigenvalue weighted by molar-refractivity contribution is 0.00195. The predicted octanol–water partition coefficient (Wildman–Crippen LogP) is 6.99. The van der Waals surface area contributed by atoms with Gasteiger partial charge in [-0.05, 0) is 80.5 Å². The van der Waals surface area contributed by atoms with E-state index in [1.807, 2.05) is 6.07 Å². The molecule has 4 aliphatic carbocycles. The quantitative estimate of drug-likeness (QED) is 0.416. The van der Waals surface area contributed by atoms with E-state index in [4.69, 9.17) is 9.73 Å². The van der Waals surface area contributed by atoms with Gasteiger partial charge in [0.25, 0.3) is 0 Å². The van der Waals surface area contributed by atoms with Crippen LogP contribution in [0.15, 0.2) is 51.9 Å². The summed E-state index contributed by atoms with van der Waals surface area (Å²) < 4.78 is 6.62. The molecule has 1 N–H and O–H groups in total. The number of nitrogens with zero attached hydrogens (tertiary/aromatic N) is 1. The molecule has 4 fully saturated rings. The number of methoxy groups -OCH3 is 1. The molecule has 4 heteroatoms. The fraction of sp³-hybridized carbons (Fsp3) is 0.423. The summed E-state index contributed by atoms with van der Waals surface area (Å²) in [5.41, 5.74) is 4.75. The number of hydrogen-bond donors (Lipinski definition) is 1. The van der Waals surface area contributed by atoms with Crippen molar-refractivity contribution in [2.75, 3.05) is 7.11 Å². The normalized spacial score (nSPS) is 29.9. The van der Waals surface area contributed by atoms with Crippen LogP contribution in [0.5, 0.6) is 5.75 Å². The van der Waals surface area contributed by atoms with Gasteiger partial charge in [-0.2, -0.15) is 0 Å². The summed E-state index contributed by atoms with van der Waals surface area (Å²) in [5, 5.41) is 1.17. The van der Waals surface area contributed by atoms with Crippen molar-refractivity contribution < 1.29 is 4.74 Å². The van der Waals surface area contributed by atoms with Gasteiger partial charge in [-0.1, -0.05) is 34.1 Å². The van der Waals surface area contributed by atoms with E-state index < -0.39 is 0 Å².